The Morgan fingerprint density at radius 1 is 1.03 bits per heavy atom. The van der Waals surface area contributed by atoms with Gasteiger partial charge in [0.05, 0.1) is 5.57 Å². The van der Waals surface area contributed by atoms with Gasteiger partial charge < -0.3 is 19.6 Å². The lowest BCUT2D eigenvalue weighted by atomic mass is 9.82. The van der Waals surface area contributed by atoms with Crippen molar-refractivity contribution in [3.05, 3.63) is 71.3 Å². The molecule has 0 aromatic heterocycles. The molecule has 0 unspecified atom stereocenters. The lowest BCUT2D eigenvalue weighted by Crippen LogP contribution is -2.51. The molecule has 1 fully saturated rings. The van der Waals surface area contributed by atoms with Crippen LogP contribution in [0.3, 0.4) is 0 Å². The van der Waals surface area contributed by atoms with Crippen LogP contribution in [0, 0.1) is 0 Å². The van der Waals surface area contributed by atoms with E-state index in [0.29, 0.717) is 29.8 Å². The van der Waals surface area contributed by atoms with Crippen LogP contribution in [0.1, 0.15) is 17.5 Å². The lowest BCUT2D eigenvalue weighted by Gasteiger charge is -2.34. The molecule has 1 N–H and O–H groups in total. The standard InChI is InChI=1S/C23H22N2O5/c1-24-17-12-7-6-11-16(17)23(22(24)29)18(19(26)15-9-4-3-5-10-15)20(27)21(28)25(23)13-8-14-30-2/h3-7,9-12,26H,8,13-14H2,1-2H3/t23-/m1/s1. The second-order valence-electron chi connectivity index (χ2n) is 7.31. The van der Waals surface area contributed by atoms with E-state index >= 15 is 0 Å². The number of carbonyl (C=O) groups excluding carboxylic acids is 3. The number of hydrogen-bond donors (Lipinski definition) is 1. The minimum absolute atomic E-state index is 0.137. The number of hydrogen-bond acceptors (Lipinski definition) is 5. The third-order valence-electron chi connectivity index (χ3n) is 5.72. The molecule has 0 bridgehead atoms. The quantitative estimate of drug-likeness (QED) is 0.356. The Labute approximate surface area is 174 Å². The number of ether oxygens (including phenoxy) is 1. The van der Waals surface area contributed by atoms with E-state index in [1.807, 2.05) is 0 Å². The normalized spacial score (nSPS) is 22.3. The van der Waals surface area contributed by atoms with Crippen molar-refractivity contribution in [3.8, 4) is 0 Å². The summed E-state index contributed by atoms with van der Waals surface area (Å²) < 4.78 is 5.10. The van der Waals surface area contributed by atoms with Crippen LogP contribution >= 0.6 is 0 Å². The summed E-state index contributed by atoms with van der Waals surface area (Å²) in [6.07, 6.45) is 0.440. The predicted molar refractivity (Wildman–Crippen MR) is 111 cm³/mol. The van der Waals surface area contributed by atoms with Gasteiger partial charge in [-0.15, -0.1) is 0 Å². The van der Waals surface area contributed by atoms with Crippen LogP contribution in [0.15, 0.2) is 60.2 Å². The van der Waals surface area contributed by atoms with E-state index in [4.69, 9.17) is 4.74 Å². The largest absolute Gasteiger partial charge is 0.507 e. The van der Waals surface area contributed by atoms with Gasteiger partial charge in [-0.05, 0) is 12.5 Å². The first-order valence-corrected chi connectivity index (χ1v) is 9.68. The Morgan fingerprint density at radius 3 is 2.40 bits per heavy atom. The summed E-state index contributed by atoms with van der Waals surface area (Å²) in [7, 11) is 3.15. The van der Waals surface area contributed by atoms with Gasteiger partial charge in [-0.2, -0.15) is 0 Å². The number of amides is 2. The van der Waals surface area contributed by atoms with E-state index in [1.54, 1.807) is 68.8 Å². The number of aliphatic hydroxyl groups is 1. The van der Waals surface area contributed by atoms with E-state index in [-0.39, 0.29) is 17.9 Å². The summed E-state index contributed by atoms with van der Waals surface area (Å²) in [5.41, 5.74) is -0.427. The van der Waals surface area contributed by atoms with Gasteiger partial charge in [0.25, 0.3) is 17.6 Å². The number of nitrogens with zero attached hydrogens (tertiary/aromatic N) is 2. The second-order valence-corrected chi connectivity index (χ2v) is 7.31. The molecule has 0 saturated carbocycles. The summed E-state index contributed by atoms with van der Waals surface area (Å²) in [5, 5.41) is 11.1. The van der Waals surface area contributed by atoms with Crippen molar-refractivity contribution in [3.63, 3.8) is 0 Å². The number of ketones is 1. The molecule has 2 aliphatic rings. The Bertz CT molecular complexity index is 1060. The molecular formula is C23H22N2O5. The summed E-state index contributed by atoms with van der Waals surface area (Å²) in [5.74, 6) is -2.48. The zero-order valence-electron chi connectivity index (χ0n) is 16.8. The predicted octanol–water partition coefficient (Wildman–Crippen LogP) is 2.28. The van der Waals surface area contributed by atoms with E-state index < -0.39 is 23.1 Å². The molecule has 0 aliphatic carbocycles. The van der Waals surface area contributed by atoms with Crippen LogP contribution in [0.5, 0.6) is 0 Å². The summed E-state index contributed by atoms with van der Waals surface area (Å²) in [6, 6.07) is 15.5. The number of likely N-dealkylation sites (tertiary alicyclic amines) is 1. The third kappa shape index (κ3) is 2.59. The van der Waals surface area contributed by atoms with Crippen LogP contribution < -0.4 is 4.90 Å². The van der Waals surface area contributed by atoms with E-state index in [1.165, 1.54) is 9.80 Å². The van der Waals surface area contributed by atoms with E-state index in [0.717, 1.165) is 0 Å². The van der Waals surface area contributed by atoms with Gasteiger partial charge in [-0.25, -0.2) is 0 Å². The van der Waals surface area contributed by atoms with Crippen molar-refractivity contribution in [2.45, 2.75) is 12.0 Å². The molecule has 7 nitrogen and oxygen atoms in total. The number of benzene rings is 2. The number of anilines is 1. The molecule has 2 heterocycles. The molecule has 2 aliphatic heterocycles. The molecule has 1 spiro atoms. The van der Waals surface area contributed by atoms with Crippen LogP contribution in [-0.2, 0) is 24.7 Å². The maximum absolute atomic E-state index is 13.7. The fraction of sp³-hybridized carbons (Fsp3) is 0.261. The third-order valence-corrected chi connectivity index (χ3v) is 5.72. The minimum atomic E-state index is -1.70. The van der Waals surface area contributed by atoms with E-state index in [9.17, 15) is 19.5 Å². The zero-order chi connectivity index (χ0) is 21.5. The highest BCUT2D eigenvalue weighted by Crippen LogP contribution is 2.53. The summed E-state index contributed by atoms with van der Waals surface area (Å²) in [4.78, 5) is 42.7. The second kappa shape index (κ2) is 7.42. The summed E-state index contributed by atoms with van der Waals surface area (Å²) >= 11 is 0. The number of para-hydroxylation sites is 1. The highest BCUT2D eigenvalue weighted by atomic mass is 16.5. The first-order chi connectivity index (χ1) is 14.5. The van der Waals surface area contributed by atoms with Crippen LogP contribution in [0.4, 0.5) is 5.69 Å². The molecule has 1 atom stereocenters. The highest BCUT2D eigenvalue weighted by Gasteiger charge is 2.66. The molecule has 2 aromatic rings. The van der Waals surface area contributed by atoms with Crippen molar-refractivity contribution < 1.29 is 24.2 Å². The Morgan fingerprint density at radius 2 is 1.70 bits per heavy atom. The van der Waals surface area contributed by atoms with Gasteiger partial charge in [0, 0.05) is 44.1 Å². The lowest BCUT2D eigenvalue weighted by molar-refractivity contribution is -0.143. The smallest absolute Gasteiger partial charge is 0.296 e. The van der Waals surface area contributed by atoms with Crippen molar-refractivity contribution in [2.75, 3.05) is 32.2 Å². The van der Waals surface area contributed by atoms with Gasteiger partial charge in [0.15, 0.2) is 5.54 Å². The molecule has 1 saturated heterocycles. The highest BCUT2D eigenvalue weighted by molar-refractivity contribution is 6.50. The molecule has 4 rings (SSSR count). The number of aliphatic hydroxyl groups excluding tert-OH is 1. The average Bonchev–Trinajstić information content (AvgIpc) is 3.13. The average molecular weight is 406 g/mol. The van der Waals surface area contributed by atoms with Crippen molar-refractivity contribution in [1.82, 2.24) is 4.90 Å². The fourth-order valence-electron chi connectivity index (χ4n) is 4.38. The van der Waals surface area contributed by atoms with E-state index in [2.05, 4.69) is 0 Å². The van der Waals surface area contributed by atoms with Crippen LogP contribution in [0.2, 0.25) is 0 Å². The van der Waals surface area contributed by atoms with Gasteiger partial charge in [-0.1, -0.05) is 48.5 Å². The zero-order valence-corrected chi connectivity index (χ0v) is 16.8. The maximum Gasteiger partial charge on any atom is 0.296 e. The molecular weight excluding hydrogens is 384 g/mol. The summed E-state index contributed by atoms with van der Waals surface area (Å²) in [6.45, 7) is 0.501. The Hall–Kier alpha value is -3.45. The molecule has 2 amide bonds. The van der Waals surface area contributed by atoms with Crippen molar-refractivity contribution >= 4 is 29.0 Å². The molecule has 30 heavy (non-hydrogen) atoms. The number of rotatable bonds is 5. The monoisotopic (exact) mass is 406 g/mol. The molecule has 7 heteroatoms. The van der Waals surface area contributed by atoms with Crippen LogP contribution in [-0.4, -0.2) is 54.9 Å². The van der Waals surface area contributed by atoms with Crippen molar-refractivity contribution in [2.24, 2.45) is 0 Å². The van der Waals surface area contributed by atoms with Crippen LogP contribution in [0.25, 0.3) is 5.76 Å². The maximum atomic E-state index is 13.7. The van der Waals surface area contributed by atoms with Crippen molar-refractivity contribution in [1.29, 1.82) is 0 Å². The number of carbonyl (C=O) groups is 3. The molecule has 154 valence electrons. The Balaban J connectivity index is 2.02. The number of Topliss-reactive ketones (excluding diaryl/α,β-unsaturated/α-hetero) is 1. The first-order valence-electron chi connectivity index (χ1n) is 9.68. The van der Waals surface area contributed by atoms with Gasteiger partial charge in [0.1, 0.15) is 5.76 Å². The number of likely N-dealkylation sites (N-methyl/N-ethyl adjacent to an activating group) is 1. The number of fused-ring (bicyclic) bond motifs is 2. The Kier molecular flexibility index (Phi) is 4.91. The minimum Gasteiger partial charge on any atom is -0.507 e. The first kappa shape index (κ1) is 19.8. The molecule has 2 aromatic carbocycles. The topological polar surface area (TPSA) is 87.1 Å². The van der Waals surface area contributed by atoms with Gasteiger partial charge in [0.2, 0.25) is 0 Å². The number of methoxy groups -OCH3 is 1. The molecule has 0 radical (unpaired) electrons. The SMILES string of the molecule is COCCCN1C(=O)C(=O)C(=C(O)c2ccccc2)[C@]12C(=O)N(C)c1ccccc12. The van der Waals surface area contributed by atoms with Gasteiger partial charge >= 0.3 is 0 Å². The van der Waals surface area contributed by atoms with Gasteiger partial charge in [-0.3, -0.25) is 14.4 Å². The fourth-order valence-corrected chi connectivity index (χ4v) is 4.38.